The molecule has 2 aromatic heterocycles. The highest BCUT2D eigenvalue weighted by Crippen LogP contribution is 2.16. The number of furan rings is 1. The van der Waals surface area contributed by atoms with Crippen LogP contribution in [0.25, 0.3) is 6.08 Å². The van der Waals surface area contributed by atoms with Gasteiger partial charge in [0.05, 0.1) is 0 Å². The molecule has 3 aromatic rings. The largest absolute Gasteiger partial charge is 0.461 e. The van der Waals surface area contributed by atoms with Crippen molar-refractivity contribution in [1.82, 2.24) is 15.2 Å². The van der Waals surface area contributed by atoms with Crippen molar-refractivity contribution >= 4 is 6.08 Å². The van der Waals surface area contributed by atoms with Gasteiger partial charge in [-0.15, -0.1) is 0 Å². The molecule has 0 spiro atoms. The first-order chi connectivity index (χ1) is 10.7. The van der Waals surface area contributed by atoms with Crippen LogP contribution in [0.5, 0.6) is 0 Å². The number of rotatable bonds is 5. The van der Waals surface area contributed by atoms with Crippen molar-refractivity contribution in [3.05, 3.63) is 77.3 Å². The maximum absolute atomic E-state index is 9.88. The van der Waals surface area contributed by atoms with E-state index in [1.807, 2.05) is 12.1 Å². The van der Waals surface area contributed by atoms with Gasteiger partial charge in [-0.25, -0.2) is 4.98 Å². The van der Waals surface area contributed by atoms with Crippen LogP contribution >= 0.6 is 0 Å². The Hall–Kier alpha value is -2.66. The van der Waals surface area contributed by atoms with Crippen LogP contribution in [-0.4, -0.2) is 20.3 Å². The number of aliphatic hydroxyl groups is 1. The molecule has 0 bridgehead atoms. The number of hydrogen-bond acceptors (Lipinski definition) is 4. The molecule has 0 aliphatic heterocycles. The topological polar surface area (TPSA) is 74.9 Å². The van der Waals surface area contributed by atoms with E-state index >= 15 is 0 Å². The van der Waals surface area contributed by atoms with Crippen LogP contribution in [0.4, 0.5) is 0 Å². The summed E-state index contributed by atoms with van der Waals surface area (Å²) < 4.78 is 5.74. The molecule has 3 rings (SSSR count). The smallest absolute Gasteiger partial charge is 0.157 e. The first kappa shape index (κ1) is 14.3. The molecule has 0 fully saturated rings. The number of aliphatic hydroxyl groups excluding tert-OH is 1. The summed E-state index contributed by atoms with van der Waals surface area (Å²) >= 11 is 0. The summed E-state index contributed by atoms with van der Waals surface area (Å²) in [5, 5.41) is 16.2. The molecule has 0 saturated heterocycles. The van der Waals surface area contributed by atoms with Crippen LogP contribution in [0.3, 0.4) is 0 Å². The molecule has 0 radical (unpaired) electrons. The number of aryl methyl sites for hydroxylation is 1. The fourth-order valence-corrected chi connectivity index (χ4v) is 2.12. The quantitative estimate of drug-likeness (QED) is 0.758. The van der Waals surface area contributed by atoms with Crippen molar-refractivity contribution in [2.24, 2.45) is 0 Å². The molecule has 1 aromatic carbocycles. The van der Waals surface area contributed by atoms with E-state index in [4.69, 9.17) is 4.42 Å². The normalized spacial score (nSPS) is 12.8. The van der Waals surface area contributed by atoms with E-state index in [-0.39, 0.29) is 0 Å². The summed E-state index contributed by atoms with van der Waals surface area (Å²) in [6.45, 7) is 2.07. The van der Waals surface area contributed by atoms with Crippen LogP contribution in [0.2, 0.25) is 0 Å². The van der Waals surface area contributed by atoms with Crippen LogP contribution in [0.15, 0.2) is 53.2 Å². The van der Waals surface area contributed by atoms with E-state index in [9.17, 15) is 5.11 Å². The van der Waals surface area contributed by atoms with Crippen LogP contribution in [0.1, 0.15) is 34.6 Å². The molecular formula is C17H17N3O2. The maximum atomic E-state index is 9.88. The molecule has 112 valence electrons. The Labute approximate surface area is 128 Å². The maximum Gasteiger partial charge on any atom is 0.157 e. The highest BCUT2D eigenvalue weighted by Gasteiger charge is 2.06. The van der Waals surface area contributed by atoms with Crippen molar-refractivity contribution in [3.63, 3.8) is 0 Å². The van der Waals surface area contributed by atoms with Gasteiger partial charge in [-0.3, -0.25) is 5.10 Å². The fourth-order valence-electron chi connectivity index (χ4n) is 2.12. The molecule has 1 atom stereocenters. The second-order valence-corrected chi connectivity index (χ2v) is 5.14. The summed E-state index contributed by atoms with van der Waals surface area (Å²) in [4.78, 5) is 3.90. The molecule has 22 heavy (non-hydrogen) atoms. The van der Waals surface area contributed by atoms with Gasteiger partial charge in [-0.1, -0.05) is 29.8 Å². The van der Waals surface area contributed by atoms with Crippen molar-refractivity contribution in [3.8, 4) is 0 Å². The van der Waals surface area contributed by atoms with Crippen molar-refractivity contribution in [1.29, 1.82) is 0 Å². The summed E-state index contributed by atoms with van der Waals surface area (Å²) in [6, 6.07) is 12.2. The Balaban J connectivity index is 1.64. The van der Waals surface area contributed by atoms with Gasteiger partial charge >= 0.3 is 0 Å². The van der Waals surface area contributed by atoms with E-state index in [1.165, 1.54) is 17.5 Å². The van der Waals surface area contributed by atoms with Gasteiger partial charge in [0.2, 0.25) is 0 Å². The predicted molar refractivity (Wildman–Crippen MR) is 83.1 cm³/mol. The zero-order chi connectivity index (χ0) is 15.4. The Morgan fingerprint density at radius 3 is 2.77 bits per heavy atom. The average Bonchev–Trinajstić information content (AvgIpc) is 3.19. The van der Waals surface area contributed by atoms with Crippen molar-refractivity contribution in [2.75, 3.05) is 0 Å². The third-order valence-electron chi connectivity index (χ3n) is 3.34. The first-order valence-corrected chi connectivity index (χ1v) is 7.06. The number of nitrogens with one attached hydrogen (secondary N) is 1. The summed E-state index contributed by atoms with van der Waals surface area (Å²) in [7, 11) is 0. The molecule has 5 nitrogen and oxygen atoms in total. The van der Waals surface area contributed by atoms with Crippen LogP contribution in [0, 0.1) is 6.92 Å². The summed E-state index contributed by atoms with van der Waals surface area (Å²) in [5.41, 5.74) is 2.45. The lowest BCUT2D eigenvalue weighted by Crippen LogP contribution is -1.95. The first-order valence-electron chi connectivity index (χ1n) is 7.06. The Morgan fingerprint density at radius 1 is 1.23 bits per heavy atom. The summed E-state index contributed by atoms with van der Waals surface area (Å²) in [5.74, 6) is 1.99. The van der Waals surface area contributed by atoms with Gasteiger partial charge in [0.15, 0.2) is 5.82 Å². The van der Waals surface area contributed by atoms with Crippen molar-refractivity contribution in [2.45, 2.75) is 19.4 Å². The predicted octanol–water partition coefficient (Wildman–Crippen LogP) is 3.04. The molecule has 0 saturated carbocycles. The van der Waals surface area contributed by atoms with Gasteiger partial charge in [-0.05, 0) is 36.8 Å². The third kappa shape index (κ3) is 3.51. The standard InChI is InChI=1S/C17H17N3O2/c1-12-2-4-13(5-3-12)10-15-7-6-14(22-15)8-9-16(21)17-18-11-19-20-17/h2-9,11,16,21H,10H2,1H3,(H,18,19,20). The molecule has 2 heterocycles. The van der Waals surface area contributed by atoms with Gasteiger partial charge in [0, 0.05) is 6.42 Å². The average molecular weight is 295 g/mol. The number of hydrogen-bond donors (Lipinski definition) is 2. The highest BCUT2D eigenvalue weighted by molar-refractivity contribution is 5.44. The van der Waals surface area contributed by atoms with Gasteiger partial charge in [0.1, 0.15) is 24.0 Å². The Kier molecular flexibility index (Phi) is 4.16. The van der Waals surface area contributed by atoms with E-state index in [0.29, 0.717) is 11.6 Å². The van der Waals surface area contributed by atoms with E-state index in [2.05, 4.69) is 46.4 Å². The van der Waals surface area contributed by atoms with E-state index in [0.717, 1.165) is 12.2 Å². The lowest BCUT2D eigenvalue weighted by molar-refractivity contribution is 0.219. The number of H-pyrrole nitrogens is 1. The minimum Gasteiger partial charge on any atom is -0.461 e. The molecule has 1 unspecified atom stereocenters. The number of benzene rings is 1. The fraction of sp³-hybridized carbons (Fsp3) is 0.176. The van der Waals surface area contributed by atoms with Gasteiger partial charge < -0.3 is 9.52 Å². The van der Waals surface area contributed by atoms with Crippen LogP contribution < -0.4 is 0 Å². The molecule has 0 aliphatic rings. The highest BCUT2D eigenvalue weighted by atomic mass is 16.3. The van der Waals surface area contributed by atoms with E-state index < -0.39 is 6.10 Å². The Morgan fingerprint density at radius 2 is 2.05 bits per heavy atom. The minimum atomic E-state index is -0.826. The number of aromatic nitrogens is 3. The Bertz CT molecular complexity index is 743. The zero-order valence-corrected chi connectivity index (χ0v) is 12.2. The lowest BCUT2D eigenvalue weighted by atomic mass is 10.1. The summed E-state index contributed by atoms with van der Waals surface area (Å²) in [6.07, 6.45) is 4.62. The molecule has 2 N–H and O–H groups in total. The zero-order valence-electron chi connectivity index (χ0n) is 12.2. The lowest BCUT2D eigenvalue weighted by Gasteiger charge is -2.00. The SMILES string of the molecule is Cc1ccc(Cc2ccc(C=CC(O)c3ncn[nH]3)o2)cc1. The molecule has 0 aliphatic carbocycles. The van der Waals surface area contributed by atoms with Gasteiger partial charge in [-0.2, -0.15) is 5.10 Å². The second-order valence-electron chi connectivity index (χ2n) is 5.14. The number of aromatic amines is 1. The van der Waals surface area contributed by atoms with E-state index in [1.54, 1.807) is 12.2 Å². The third-order valence-corrected chi connectivity index (χ3v) is 3.34. The van der Waals surface area contributed by atoms with Crippen molar-refractivity contribution < 1.29 is 9.52 Å². The second kappa shape index (κ2) is 6.41. The number of nitrogens with zero attached hydrogens (tertiary/aromatic N) is 2. The van der Waals surface area contributed by atoms with Gasteiger partial charge in [0.25, 0.3) is 0 Å². The molecule has 0 amide bonds. The van der Waals surface area contributed by atoms with Crippen LogP contribution in [-0.2, 0) is 6.42 Å². The minimum absolute atomic E-state index is 0.405. The molecular weight excluding hydrogens is 278 g/mol. The molecule has 5 heteroatoms. The monoisotopic (exact) mass is 295 g/mol.